The van der Waals surface area contributed by atoms with Gasteiger partial charge in [-0.3, -0.25) is 0 Å². The van der Waals surface area contributed by atoms with E-state index in [0.717, 1.165) is 172 Å². The lowest BCUT2D eigenvalue weighted by molar-refractivity contribution is 0.670. The van der Waals surface area contributed by atoms with Gasteiger partial charge in [-0.1, -0.05) is 413 Å². The second-order valence-corrected chi connectivity index (χ2v) is 38.4. The van der Waals surface area contributed by atoms with E-state index in [1.54, 1.807) is 0 Å². The van der Waals surface area contributed by atoms with Crippen molar-refractivity contribution in [1.29, 1.82) is 0 Å². The van der Waals surface area contributed by atoms with Gasteiger partial charge in [-0.2, -0.15) is 0 Å². The van der Waals surface area contributed by atoms with Crippen LogP contribution in [0.3, 0.4) is 0 Å². The summed E-state index contributed by atoms with van der Waals surface area (Å²) in [5.41, 5.74) is 28.6. The summed E-state index contributed by atoms with van der Waals surface area (Å²) in [6.45, 7) is 0. The molecule has 0 unspecified atom stereocenters. The Morgan fingerprint density at radius 1 is 0.160 bits per heavy atom. The molecule has 0 radical (unpaired) electrons. The first-order valence-corrected chi connectivity index (χ1v) is 50.9. The number of fused-ring (bicyclic) bond motifs is 20. The van der Waals surface area contributed by atoms with Crippen molar-refractivity contribution in [2.24, 2.45) is 0 Å². The van der Waals surface area contributed by atoms with Crippen molar-refractivity contribution in [1.82, 2.24) is 58.6 Å². The fourth-order valence-electron chi connectivity index (χ4n) is 21.3. The van der Waals surface area contributed by atoms with Crippen LogP contribution in [0.1, 0.15) is 0 Å². The van der Waals surface area contributed by atoms with Crippen LogP contribution in [-0.2, 0) is 0 Å². The molecule has 0 saturated heterocycles. The summed E-state index contributed by atoms with van der Waals surface area (Å²) in [6.07, 6.45) is 0. The third kappa shape index (κ3) is 15.8. The number of para-hydroxylation sites is 6. The normalized spacial score (nSPS) is 11.6. The van der Waals surface area contributed by atoms with Crippen molar-refractivity contribution in [3.63, 3.8) is 0 Å². The summed E-state index contributed by atoms with van der Waals surface area (Å²) >= 11 is 1.86. The number of nitrogens with zero attached hydrogens (tertiary/aromatic N) is 12. The molecule has 30 rings (SSSR count). The average molecular weight is 1940 g/mol. The number of furan rings is 2. The molecule has 0 amide bonds. The van der Waals surface area contributed by atoms with E-state index < -0.39 is 0 Å². The second-order valence-electron chi connectivity index (χ2n) is 37.4. The third-order valence-corrected chi connectivity index (χ3v) is 29.5. The molecule has 0 fully saturated rings. The molecule has 9 heterocycles. The van der Waals surface area contributed by atoms with Gasteiger partial charge in [0.05, 0.1) is 37.8 Å². The van der Waals surface area contributed by atoms with Gasteiger partial charge in [0.25, 0.3) is 0 Å². The zero-order valence-electron chi connectivity index (χ0n) is 80.6. The van der Waals surface area contributed by atoms with Gasteiger partial charge < -0.3 is 22.5 Å². The summed E-state index contributed by atoms with van der Waals surface area (Å²) in [6, 6.07) is 177. The van der Waals surface area contributed by atoms with Crippen LogP contribution >= 0.6 is 11.3 Å². The maximum atomic E-state index is 6.59. The topological polar surface area (TPSA) is 157 Å². The monoisotopic (exact) mass is 1940 g/mol. The molecule has 0 atom stereocenters. The molecule has 14 nitrogen and oxygen atoms in total. The van der Waals surface area contributed by atoms with E-state index in [1.807, 2.05) is 193 Å². The SMILES string of the molecule is c1ccc(-c2cccc(-c3nc(-c4ccccc4)nc(-c4cccc(-n5c6ccccc6c6ccc7c8ccccc8oc7c65)c4)n3)c2)cc1.c1ccc(-c2nc(-c3ccccc3)nc(-c3cccc(-c4cccc(-n5c6ccccc6c6ccc(-c7cccc8c7oc7ccccc78)cc65)c4)c3)n2)cc1.c1ccc(-c2nc(-c3ccccc3)nc(-c3cccc(-n4c5ccccc5c5ccc6c7ccccc7sc6c54)c3)n2)cc1. The van der Waals surface area contributed by atoms with Gasteiger partial charge >= 0.3 is 0 Å². The highest BCUT2D eigenvalue weighted by atomic mass is 32.1. The van der Waals surface area contributed by atoms with Crippen molar-refractivity contribution in [3.8, 4) is 153 Å². The largest absolute Gasteiger partial charge is 0.455 e. The lowest BCUT2D eigenvalue weighted by Crippen LogP contribution is -2.01. The van der Waals surface area contributed by atoms with Gasteiger partial charge in [0.2, 0.25) is 0 Å². The number of aromatic nitrogens is 12. The van der Waals surface area contributed by atoms with E-state index in [4.69, 9.17) is 53.7 Å². The molecule has 0 spiro atoms. The Kier molecular flexibility index (Phi) is 21.8. The molecule has 21 aromatic carbocycles. The zero-order chi connectivity index (χ0) is 99.1. The molecule has 150 heavy (non-hydrogen) atoms. The number of thiophene rings is 1. The molecule has 15 heteroatoms. The van der Waals surface area contributed by atoms with Gasteiger partial charge in [0.1, 0.15) is 16.7 Å². The summed E-state index contributed by atoms with van der Waals surface area (Å²) in [5.74, 6) is 5.73. The van der Waals surface area contributed by atoms with Gasteiger partial charge in [-0.05, 0) is 125 Å². The van der Waals surface area contributed by atoms with E-state index in [2.05, 4.69) is 341 Å². The highest BCUT2D eigenvalue weighted by molar-refractivity contribution is 7.26. The average Bonchev–Trinajstić information content (AvgIpc) is 1.56. The van der Waals surface area contributed by atoms with Crippen molar-refractivity contribution in [3.05, 3.63) is 510 Å². The maximum Gasteiger partial charge on any atom is 0.164 e. The van der Waals surface area contributed by atoms with Crippen molar-refractivity contribution >= 4 is 141 Å². The number of rotatable bonds is 15. The summed E-state index contributed by atoms with van der Waals surface area (Å²) in [5, 5.41) is 14.3. The standard InChI is InChI=1S/C51H32N4O.C45H28N4O.C39H24N4S/c1-3-14-33(15-4-1)49-52-50(34-16-5-2-6-17-34)54-51(53-49)38-20-11-18-35(30-38)36-19-12-21-39(31-36)55-45-26-9-7-22-41(45)42-29-28-37(32-46(42)55)40-24-13-25-44-43-23-8-10-27-47(43)56-48(40)44;1-3-13-29(14-4-1)31-17-11-18-32(27-31)44-46-43(30-15-5-2-6-16-30)47-45(48-44)33-19-12-20-34(28-33)49-39-23-9-7-21-35(39)37-25-26-38-36-22-8-10-24-40(36)50-42(38)41(37)49;1-3-12-25(13-4-1)37-40-38(26-14-5-2-6-15-26)42-39(41-37)27-16-11-17-28(24-27)43-33-20-9-7-18-29(33)31-22-23-32-30-19-8-10-21-34(30)44-36(32)35(31)43/h1-32H;1-28H;1-24H. The van der Waals surface area contributed by atoms with E-state index in [1.165, 1.54) is 58.1 Å². The van der Waals surface area contributed by atoms with Gasteiger partial charge in [-0.25, -0.2) is 44.9 Å². The summed E-state index contributed by atoms with van der Waals surface area (Å²) in [4.78, 5) is 44.9. The fraction of sp³-hybridized carbons (Fsp3) is 0. The number of hydrogen-bond donors (Lipinski definition) is 0. The van der Waals surface area contributed by atoms with Crippen LogP contribution in [0.2, 0.25) is 0 Å². The smallest absolute Gasteiger partial charge is 0.164 e. The highest BCUT2D eigenvalue weighted by Crippen LogP contribution is 2.48. The van der Waals surface area contributed by atoms with E-state index >= 15 is 0 Å². The van der Waals surface area contributed by atoms with Crippen LogP contribution in [-0.4, -0.2) is 58.6 Å². The molecule has 9 aromatic heterocycles. The van der Waals surface area contributed by atoms with E-state index in [-0.39, 0.29) is 0 Å². The minimum absolute atomic E-state index is 0.607. The first kappa shape index (κ1) is 87.6. The van der Waals surface area contributed by atoms with Gasteiger partial charge in [0.15, 0.2) is 58.0 Å². The Labute approximate surface area is 864 Å². The lowest BCUT2D eigenvalue weighted by atomic mass is 10.0. The molecular formula is C135H84N12O2S. The quantitative estimate of drug-likeness (QED) is 0.0962. The Morgan fingerprint density at radius 3 is 0.920 bits per heavy atom. The molecule has 0 N–H and O–H groups in total. The van der Waals surface area contributed by atoms with Gasteiger partial charge in [0, 0.05) is 142 Å². The van der Waals surface area contributed by atoms with E-state index in [0.29, 0.717) is 52.4 Å². The van der Waals surface area contributed by atoms with Crippen molar-refractivity contribution in [2.75, 3.05) is 0 Å². The molecule has 30 aromatic rings. The predicted octanol–water partition coefficient (Wildman–Crippen LogP) is 35.1. The highest BCUT2D eigenvalue weighted by Gasteiger charge is 2.26. The molecule has 0 saturated carbocycles. The minimum atomic E-state index is 0.607. The maximum absolute atomic E-state index is 6.59. The van der Waals surface area contributed by atoms with Crippen molar-refractivity contribution in [2.45, 2.75) is 0 Å². The molecule has 0 aliphatic rings. The predicted molar refractivity (Wildman–Crippen MR) is 615 cm³/mol. The van der Waals surface area contributed by atoms with E-state index in [9.17, 15) is 0 Å². The van der Waals surface area contributed by atoms with Gasteiger partial charge in [-0.15, -0.1) is 11.3 Å². The molecular weight excluding hydrogens is 1850 g/mol. The Balaban J connectivity index is 0.000000109. The summed E-state index contributed by atoms with van der Waals surface area (Å²) in [7, 11) is 0. The fourth-order valence-corrected chi connectivity index (χ4v) is 22.6. The minimum Gasteiger partial charge on any atom is -0.455 e. The van der Waals surface area contributed by atoms with Crippen LogP contribution in [0.4, 0.5) is 0 Å². The Bertz CT molecular complexity index is 10400. The first-order chi connectivity index (χ1) is 74.3. The van der Waals surface area contributed by atoms with Crippen LogP contribution in [0.5, 0.6) is 0 Å². The summed E-state index contributed by atoms with van der Waals surface area (Å²) < 4.78 is 22.7. The van der Waals surface area contributed by atoms with Crippen LogP contribution in [0.25, 0.3) is 282 Å². The Hall–Kier alpha value is -20.1. The van der Waals surface area contributed by atoms with Crippen LogP contribution < -0.4 is 0 Å². The molecule has 0 aliphatic heterocycles. The molecule has 0 aliphatic carbocycles. The first-order valence-electron chi connectivity index (χ1n) is 50.1. The lowest BCUT2D eigenvalue weighted by Gasteiger charge is -2.12. The second kappa shape index (κ2) is 37.2. The molecule has 0 bridgehead atoms. The third-order valence-electron chi connectivity index (χ3n) is 28.3. The zero-order valence-corrected chi connectivity index (χ0v) is 81.4. The Morgan fingerprint density at radius 2 is 0.447 bits per heavy atom. The van der Waals surface area contributed by atoms with Crippen LogP contribution in [0, 0.1) is 0 Å². The number of benzene rings is 21. The molecule has 702 valence electrons. The van der Waals surface area contributed by atoms with Crippen molar-refractivity contribution < 1.29 is 8.83 Å². The van der Waals surface area contributed by atoms with Crippen LogP contribution in [0.15, 0.2) is 518 Å². The number of hydrogen-bond acceptors (Lipinski definition) is 12.